The number of fused-ring (bicyclic) bond motifs is 1. The molecule has 0 unspecified atom stereocenters. The van der Waals surface area contributed by atoms with Crippen LogP contribution in [0.4, 0.5) is 8.78 Å². The van der Waals surface area contributed by atoms with E-state index in [4.69, 9.17) is 4.74 Å². The summed E-state index contributed by atoms with van der Waals surface area (Å²) >= 11 is 0. The van der Waals surface area contributed by atoms with E-state index >= 15 is 0 Å². The molecule has 0 spiro atoms. The van der Waals surface area contributed by atoms with Gasteiger partial charge in [0.2, 0.25) is 5.91 Å². The molecular weight excluding hydrogens is 300 g/mol. The molecule has 0 bridgehead atoms. The van der Waals surface area contributed by atoms with Crippen molar-refractivity contribution >= 4 is 12.0 Å². The Morgan fingerprint density at radius 1 is 1.26 bits per heavy atom. The van der Waals surface area contributed by atoms with Gasteiger partial charge in [-0.3, -0.25) is 4.79 Å². The summed E-state index contributed by atoms with van der Waals surface area (Å²) in [6.45, 7) is 0.230. The molecule has 2 aromatic rings. The summed E-state index contributed by atoms with van der Waals surface area (Å²) in [5.41, 5.74) is 1.41. The summed E-state index contributed by atoms with van der Waals surface area (Å²) in [4.78, 5) is 11.8. The fourth-order valence-electron chi connectivity index (χ4n) is 2.47. The molecule has 0 aromatic heterocycles. The lowest BCUT2D eigenvalue weighted by Gasteiger charge is -2.10. The summed E-state index contributed by atoms with van der Waals surface area (Å²) in [5, 5.41) is 2.70. The van der Waals surface area contributed by atoms with Gasteiger partial charge in [-0.25, -0.2) is 8.78 Å². The third-order valence-corrected chi connectivity index (χ3v) is 3.55. The molecule has 0 saturated carbocycles. The molecule has 1 aliphatic rings. The smallest absolute Gasteiger partial charge is 0.244 e. The third-order valence-electron chi connectivity index (χ3n) is 3.55. The van der Waals surface area contributed by atoms with E-state index in [2.05, 4.69) is 5.32 Å². The monoisotopic (exact) mass is 315 g/mol. The molecule has 0 radical (unpaired) electrons. The molecular formula is C18H15F2NO2. The fourth-order valence-corrected chi connectivity index (χ4v) is 2.47. The number of benzene rings is 2. The maximum absolute atomic E-state index is 13.6. The molecule has 3 rings (SSSR count). The van der Waals surface area contributed by atoms with E-state index in [1.165, 1.54) is 12.1 Å². The lowest BCUT2D eigenvalue weighted by atomic mass is 10.1. The van der Waals surface area contributed by atoms with E-state index < -0.39 is 17.7 Å². The molecule has 0 saturated heterocycles. The molecule has 5 heteroatoms. The Balaban J connectivity index is 1.53. The van der Waals surface area contributed by atoms with Crippen molar-refractivity contribution in [3.63, 3.8) is 0 Å². The van der Waals surface area contributed by atoms with Crippen LogP contribution < -0.4 is 10.1 Å². The van der Waals surface area contributed by atoms with Gasteiger partial charge in [0.05, 0.1) is 6.54 Å². The Morgan fingerprint density at radius 3 is 2.83 bits per heavy atom. The minimum atomic E-state index is -0.710. The summed E-state index contributed by atoms with van der Waals surface area (Å²) in [7, 11) is 0. The van der Waals surface area contributed by atoms with E-state index in [-0.39, 0.29) is 18.2 Å². The van der Waals surface area contributed by atoms with Crippen LogP contribution in [-0.4, -0.2) is 18.6 Å². The van der Waals surface area contributed by atoms with Gasteiger partial charge in [0.25, 0.3) is 0 Å². The molecule has 0 fully saturated rings. The first kappa shape index (κ1) is 15.2. The molecule has 23 heavy (non-hydrogen) atoms. The Bertz CT molecular complexity index is 744. The zero-order valence-corrected chi connectivity index (χ0v) is 12.3. The number of amides is 1. The first-order chi connectivity index (χ1) is 11.1. The summed E-state index contributed by atoms with van der Waals surface area (Å²) < 4.78 is 32.1. The Kier molecular flexibility index (Phi) is 4.37. The Labute approximate surface area is 132 Å². The number of hydrogen-bond acceptors (Lipinski definition) is 2. The number of nitrogens with one attached hydrogen (secondary N) is 1. The summed E-state index contributed by atoms with van der Waals surface area (Å²) in [6.07, 6.45) is 3.11. The van der Waals surface area contributed by atoms with Crippen molar-refractivity contribution in [2.45, 2.75) is 12.5 Å². The van der Waals surface area contributed by atoms with Gasteiger partial charge in [-0.2, -0.15) is 0 Å². The quantitative estimate of drug-likeness (QED) is 0.881. The molecule has 1 heterocycles. The highest BCUT2D eigenvalue weighted by Gasteiger charge is 2.26. The van der Waals surface area contributed by atoms with E-state index in [0.717, 1.165) is 11.6 Å². The number of carbonyl (C=O) groups is 1. The molecule has 118 valence electrons. The first-order valence-electron chi connectivity index (χ1n) is 7.27. The van der Waals surface area contributed by atoms with E-state index in [1.54, 1.807) is 6.08 Å². The predicted octanol–water partition coefficient (Wildman–Crippen LogP) is 3.10. The van der Waals surface area contributed by atoms with Gasteiger partial charge in [0.1, 0.15) is 11.9 Å². The van der Waals surface area contributed by atoms with Crippen molar-refractivity contribution < 1.29 is 18.3 Å². The van der Waals surface area contributed by atoms with E-state index in [1.807, 2.05) is 30.3 Å². The fraction of sp³-hybridized carbons (Fsp3) is 0.167. The maximum atomic E-state index is 13.6. The molecule has 1 N–H and O–H groups in total. The largest absolute Gasteiger partial charge is 0.485 e. The average molecular weight is 315 g/mol. The van der Waals surface area contributed by atoms with Crippen molar-refractivity contribution in [3.8, 4) is 5.75 Å². The van der Waals surface area contributed by atoms with Gasteiger partial charge in [-0.15, -0.1) is 0 Å². The highest BCUT2D eigenvalue weighted by Crippen LogP contribution is 2.32. The Hall–Kier alpha value is -2.69. The molecule has 2 aromatic carbocycles. The second-order valence-corrected chi connectivity index (χ2v) is 5.31. The maximum Gasteiger partial charge on any atom is 0.244 e. The van der Waals surface area contributed by atoms with Gasteiger partial charge < -0.3 is 10.1 Å². The van der Waals surface area contributed by atoms with Crippen molar-refractivity contribution in [1.82, 2.24) is 5.32 Å². The van der Waals surface area contributed by atoms with Crippen LogP contribution in [0.15, 0.2) is 48.5 Å². The van der Waals surface area contributed by atoms with Crippen molar-refractivity contribution in [1.29, 1.82) is 0 Å². The van der Waals surface area contributed by atoms with Crippen LogP contribution in [0.1, 0.15) is 11.1 Å². The highest BCUT2D eigenvalue weighted by molar-refractivity contribution is 5.91. The SMILES string of the molecule is O=C(/C=C/c1ccccc1)NC[C@@H]1Cc2cc(F)cc(F)c2O1. The van der Waals surface area contributed by atoms with Gasteiger partial charge in [0.15, 0.2) is 11.6 Å². The van der Waals surface area contributed by atoms with Crippen LogP contribution in [-0.2, 0) is 11.2 Å². The first-order valence-corrected chi connectivity index (χ1v) is 7.27. The number of ether oxygens (including phenoxy) is 1. The van der Waals surface area contributed by atoms with Crippen LogP contribution in [0.2, 0.25) is 0 Å². The number of rotatable bonds is 4. The average Bonchev–Trinajstić information content (AvgIpc) is 2.95. The van der Waals surface area contributed by atoms with Gasteiger partial charge in [0, 0.05) is 24.1 Å². The summed E-state index contributed by atoms with van der Waals surface area (Å²) in [6, 6.07) is 11.5. The van der Waals surface area contributed by atoms with Crippen LogP contribution in [0.5, 0.6) is 5.75 Å². The van der Waals surface area contributed by atoms with Gasteiger partial charge in [-0.1, -0.05) is 30.3 Å². The third kappa shape index (κ3) is 3.74. The second kappa shape index (κ2) is 6.60. The molecule has 1 atom stereocenters. The normalized spacial score (nSPS) is 16.2. The van der Waals surface area contributed by atoms with Crippen LogP contribution >= 0.6 is 0 Å². The Morgan fingerprint density at radius 2 is 2.04 bits per heavy atom. The molecule has 0 aliphatic carbocycles. The lowest BCUT2D eigenvalue weighted by molar-refractivity contribution is -0.116. The van der Waals surface area contributed by atoms with Crippen LogP contribution in [0.3, 0.4) is 0 Å². The number of hydrogen-bond donors (Lipinski definition) is 1. The van der Waals surface area contributed by atoms with Gasteiger partial charge in [-0.05, 0) is 17.7 Å². The minimum absolute atomic E-state index is 0.0745. The zero-order chi connectivity index (χ0) is 16.2. The number of halogens is 2. The van der Waals surface area contributed by atoms with Crippen molar-refractivity contribution in [3.05, 3.63) is 71.3 Å². The number of carbonyl (C=O) groups excluding carboxylic acids is 1. The van der Waals surface area contributed by atoms with Gasteiger partial charge >= 0.3 is 0 Å². The topological polar surface area (TPSA) is 38.3 Å². The predicted molar refractivity (Wildman–Crippen MR) is 83.0 cm³/mol. The molecule has 3 nitrogen and oxygen atoms in total. The highest BCUT2D eigenvalue weighted by atomic mass is 19.1. The van der Waals surface area contributed by atoms with Crippen LogP contribution in [0.25, 0.3) is 6.08 Å². The summed E-state index contributed by atoms with van der Waals surface area (Å²) in [5.74, 6) is -1.52. The van der Waals surface area contributed by atoms with Crippen molar-refractivity contribution in [2.75, 3.05) is 6.54 Å². The van der Waals surface area contributed by atoms with Crippen molar-refractivity contribution in [2.24, 2.45) is 0 Å². The minimum Gasteiger partial charge on any atom is -0.485 e. The lowest BCUT2D eigenvalue weighted by Crippen LogP contribution is -2.33. The van der Waals surface area contributed by atoms with E-state index in [9.17, 15) is 13.6 Å². The molecule has 1 aliphatic heterocycles. The van der Waals surface area contributed by atoms with Crippen LogP contribution in [0, 0.1) is 11.6 Å². The van der Waals surface area contributed by atoms with E-state index in [0.29, 0.717) is 12.0 Å². The standard InChI is InChI=1S/C18H15F2NO2/c19-14-8-13-9-15(23-18(13)16(20)10-14)11-21-17(22)7-6-12-4-2-1-3-5-12/h1-8,10,15H,9,11H2,(H,21,22)/b7-6+/t15-/m0/s1. The zero-order valence-electron chi connectivity index (χ0n) is 12.3. The molecule has 1 amide bonds. The second-order valence-electron chi connectivity index (χ2n) is 5.31.